The molecule has 2 heterocycles. The van der Waals surface area contributed by atoms with E-state index in [0.717, 1.165) is 11.3 Å². The molecule has 1 aromatic heterocycles. The van der Waals surface area contributed by atoms with E-state index >= 15 is 0 Å². The molecule has 1 amide bonds. The molecule has 0 N–H and O–H groups in total. The number of rotatable bonds is 7. The topological polar surface area (TPSA) is 80.6 Å². The van der Waals surface area contributed by atoms with Crippen molar-refractivity contribution >= 4 is 40.8 Å². The zero-order valence-corrected chi connectivity index (χ0v) is 18.0. The molecule has 3 aromatic rings. The molecule has 7 nitrogen and oxygen atoms in total. The molecule has 0 saturated carbocycles. The molecular formula is C24H19N3O4S. The van der Waals surface area contributed by atoms with Gasteiger partial charge in [-0.05, 0) is 41.3 Å². The van der Waals surface area contributed by atoms with Crippen LogP contribution in [0.1, 0.15) is 20.8 Å². The second-order valence-electron chi connectivity index (χ2n) is 6.69. The molecule has 32 heavy (non-hydrogen) atoms. The van der Waals surface area contributed by atoms with Gasteiger partial charge in [-0.15, -0.1) is 23.0 Å². The molecule has 1 aliphatic rings. The van der Waals surface area contributed by atoms with Crippen molar-refractivity contribution in [3.63, 3.8) is 0 Å². The lowest BCUT2D eigenvalue weighted by Crippen LogP contribution is -2.30. The summed E-state index contributed by atoms with van der Waals surface area (Å²) in [5.41, 5.74) is 2.45. The van der Waals surface area contributed by atoms with Crippen molar-refractivity contribution < 1.29 is 19.1 Å². The minimum Gasteiger partial charge on any atom is -0.493 e. The molecule has 1 aliphatic heterocycles. The van der Waals surface area contributed by atoms with Crippen LogP contribution in [0.25, 0.3) is 0 Å². The number of carbonyl (C=O) groups excluding carboxylic acids is 2. The van der Waals surface area contributed by atoms with Gasteiger partial charge < -0.3 is 14.4 Å². The minimum absolute atomic E-state index is 0.225. The molecule has 0 saturated heterocycles. The first-order valence-electron chi connectivity index (χ1n) is 9.69. The van der Waals surface area contributed by atoms with Crippen molar-refractivity contribution in [2.75, 3.05) is 18.6 Å². The molecular weight excluding hydrogens is 426 g/mol. The normalized spacial score (nSPS) is 14.1. The summed E-state index contributed by atoms with van der Waals surface area (Å²) in [6, 6.07) is 15.9. The number of amides is 1. The fraction of sp³-hybridized carbons (Fsp3) is 0.0833. The maximum absolute atomic E-state index is 12.7. The van der Waals surface area contributed by atoms with Crippen molar-refractivity contribution in [1.82, 2.24) is 0 Å². The lowest BCUT2D eigenvalue weighted by Gasteiger charge is -2.13. The standard InChI is InChI=1S/C24H19N3O4S/c1-3-12-27-18-8-5-4-7-17(18)22(23(27)28)26-25-15-16-10-11-19(20(14-16)30-2)31-24(29)21-9-6-13-32-21/h3-11,13-15H,1,12H2,2H3/b25-15+,26-22+. The Morgan fingerprint density at radius 2 is 2.00 bits per heavy atom. The fourth-order valence-electron chi connectivity index (χ4n) is 3.22. The minimum atomic E-state index is -0.450. The first-order valence-corrected chi connectivity index (χ1v) is 10.6. The number of anilines is 1. The number of esters is 1. The smallest absolute Gasteiger partial charge is 0.353 e. The summed E-state index contributed by atoms with van der Waals surface area (Å²) in [4.78, 5) is 27.1. The Labute approximate surface area is 188 Å². The quantitative estimate of drug-likeness (QED) is 0.178. The van der Waals surface area contributed by atoms with Gasteiger partial charge in [0.15, 0.2) is 17.2 Å². The second-order valence-corrected chi connectivity index (χ2v) is 7.64. The van der Waals surface area contributed by atoms with E-state index in [-0.39, 0.29) is 11.6 Å². The van der Waals surface area contributed by atoms with Crippen LogP contribution < -0.4 is 14.4 Å². The van der Waals surface area contributed by atoms with Crippen LogP contribution >= 0.6 is 11.3 Å². The molecule has 0 fully saturated rings. The lowest BCUT2D eigenvalue weighted by molar-refractivity contribution is -0.112. The largest absolute Gasteiger partial charge is 0.493 e. The Hall–Kier alpha value is -4.04. The predicted molar refractivity (Wildman–Crippen MR) is 125 cm³/mol. The molecule has 0 unspecified atom stereocenters. The van der Waals surface area contributed by atoms with Gasteiger partial charge >= 0.3 is 5.97 Å². The maximum Gasteiger partial charge on any atom is 0.353 e. The Balaban J connectivity index is 1.55. The van der Waals surface area contributed by atoms with Crippen LogP contribution in [0.2, 0.25) is 0 Å². The number of carbonyl (C=O) groups is 2. The highest BCUT2D eigenvalue weighted by molar-refractivity contribution is 7.12. The van der Waals surface area contributed by atoms with Gasteiger partial charge in [0.1, 0.15) is 4.88 Å². The van der Waals surface area contributed by atoms with Crippen LogP contribution in [0.4, 0.5) is 5.69 Å². The fourth-order valence-corrected chi connectivity index (χ4v) is 3.81. The maximum atomic E-state index is 12.7. The number of nitrogens with zero attached hydrogens (tertiary/aromatic N) is 3. The van der Waals surface area contributed by atoms with Gasteiger partial charge in [0.25, 0.3) is 5.91 Å². The zero-order chi connectivity index (χ0) is 22.5. The van der Waals surface area contributed by atoms with E-state index in [0.29, 0.717) is 28.5 Å². The van der Waals surface area contributed by atoms with Gasteiger partial charge in [-0.3, -0.25) is 4.79 Å². The molecule has 0 atom stereocenters. The first-order chi connectivity index (χ1) is 15.6. The third-order valence-electron chi connectivity index (χ3n) is 4.69. The Morgan fingerprint density at radius 1 is 1.16 bits per heavy atom. The van der Waals surface area contributed by atoms with E-state index in [4.69, 9.17) is 9.47 Å². The number of benzene rings is 2. The molecule has 4 rings (SSSR count). The first kappa shape index (κ1) is 21.2. The van der Waals surface area contributed by atoms with Gasteiger partial charge in [0, 0.05) is 12.1 Å². The number of para-hydroxylation sites is 1. The number of hydrogen-bond donors (Lipinski definition) is 0. The highest BCUT2D eigenvalue weighted by Gasteiger charge is 2.33. The van der Waals surface area contributed by atoms with Crippen molar-refractivity contribution in [2.24, 2.45) is 10.2 Å². The van der Waals surface area contributed by atoms with Crippen LogP contribution in [0.15, 0.2) is 82.8 Å². The van der Waals surface area contributed by atoms with Gasteiger partial charge in [-0.2, -0.15) is 5.10 Å². The zero-order valence-electron chi connectivity index (χ0n) is 17.2. The summed E-state index contributed by atoms with van der Waals surface area (Å²) in [7, 11) is 1.49. The summed E-state index contributed by atoms with van der Waals surface area (Å²) in [6.07, 6.45) is 3.17. The van der Waals surface area contributed by atoms with Gasteiger partial charge in [-0.25, -0.2) is 4.79 Å². The van der Waals surface area contributed by atoms with Crippen molar-refractivity contribution in [1.29, 1.82) is 0 Å². The van der Waals surface area contributed by atoms with Crippen molar-refractivity contribution in [3.05, 3.63) is 88.6 Å². The summed E-state index contributed by atoms with van der Waals surface area (Å²) in [6.45, 7) is 4.10. The summed E-state index contributed by atoms with van der Waals surface area (Å²) in [5.74, 6) is 0.00515. The van der Waals surface area contributed by atoms with E-state index in [1.807, 2.05) is 24.3 Å². The molecule has 0 bridgehead atoms. The number of fused-ring (bicyclic) bond motifs is 1. The van der Waals surface area contributed by atoms with Crippen LogP contribution in [0.3, 0.4) is 0 Å². The molecule has 0 aliphatic carbocycles. The number of hydrogen-bond acceptors (Lipinski definition) is 7. The highest BCUT2D eigenvalue weighted by Crippen LogP contribution is 2.30. The third-order valence-corrected chi connectivity index (χ3v) is 5.54. The SMILES string of the molecule is C=CCN1C(=O)/C(=N/N=C/c2ccc(OC(=O)c3cccs3)c(OC)c2)c2ccccc21. The van der Waals surface area contributed by atoms with Crippen molar-refractivity contribution in [2.45, 2.75) is 0 Å². The van der Waals surface area contributed by atoms with Crippen LogP contribution in [-0.4, -0.2) is 37.5 Å². The van der Waals surface area contributed by atoms with Crippen LogP contribution in [0, 0.1) is 0 Å². The number of methoxy groups -OCH3 is 1. The number of thiophene rings is 1. The van der Waals surface area contributed by atoms with E-state index < -0.39 is 5.97 Å². The van der Waals surface area contributed by atoms with E-state index in [2.05, 4.69) is 16.8 Å². The van der Waals surface area contributed by atoms with Gasteiger partial charge in [0.05, 0.1) is 19.0 Å². The van der Waals surface area contributed by atoms with Crippen LogP contribution in [0.5, 0.6) is 11.5 Å². The van der Waals surface area contributed by atoms with E-state index in [1.54, 1.807) is 46.7 Å². The highest BCUT2D eigenvalue weighted by atomic mass is 32.1. The molecule has 0 spiro atoms. The Morgan fingerprint density at radius 3 is 2.75 bits per heavy atom. The number of ether oxygens (including phenoxy) is 2. The molecule has 0 radical (unpaired) electrons. The Kier molecular flexibility index (Phi) is 6.23. The van der Waals surface area contributed by atoms with Crippen LogP contribution in [-0.2, 0) is 4.79 Å². The monoisotopic (exact) mass is 445 g/mol. The van der Waals surface area contributed by atoms with E-state index in [9.17, 15) is 9.59 Å². The second kappa shape index (κ2) is 9.40. The van der Waals surface area contributed by atoms with Crippen molar-refractivity contribution in [3.8, 4) is 11.5 Å². The predicted octanol–water partition coefficient (Wildman–Crippen LogP) is 4.33. The van der Waals surface area contributed by atoms with Gasteiger partial charge in [0.2, 0.25) is 0 Å². The molecule has 160 valence electrons. The summed E-state index contributed by atoms with van der Waals surface area (Å²) >= 11 is 1.30. The molecule has 2 aromatic carbocycles. The summed E-state index contributed by atoms with van der Waals surface area (Å²) in [5, 5.41) is 10.1. The summed E-state index contributed by atoms with van der Waals surface area (Å²) < 4.78 is 10.8. The third kappa shape index (κ3) is 4.21. The lowest BCUT2D eigenvalue weighted by atomic mass is 10.1. The average Bonchev–Trinajstić information content (AvgIpc) is 3.44. The van der Waals surface area contributed by atoms with Gasteiger partial charge in [-0.1, -0.05) is 30.3 Å². The average molecular weight is 446 g/mol. The van der Waals surface area contributed by atoms with E-state index in [1.165, 1.54) is 24.7 Å². The Bertz CT molecular complexity index is 1230. The molecule has 8 heteroatoms.